The van der Waals surface area contributed by atoms with Crippen LogP contribution in [0.25, 0.3) is 0 Å². The molecule has 3 rings (SSSR count). The molecule has 20 heavy (non-hydrogen) atoms. The molecule has 1 unspecified atom stereocenters. The van der Waals surface area contributed by atoms with E-state index < -0.39 is 0 Å². The van der Waals surface area contributed by atoms with Crippen LogP contribution in [0.15, 0.2) is 4.52 Å². The molecule has 5 heteroatoms. The Morgan fingerprint density at radius 1 is 1.25 bits per heavy atom. The van der Waals surface area contributed by atoms with Crippen molar-refractivity contribution < 1.29 is 9.26 Å². The molecule has 0 amide bonds. The van der Waals surface area contributed by atoms with E-state index >= 15 is 0 Å². The molecule has 1 atom stereocenters. The minimum atomic E-state index is 0.230. The standard InChI is InChI=1S/C15H25N3O2/c1-12-17-14(20-18-12)6-10-16-11-13-5-9-15(19-13)7-3-2-4-8-15/h13,16H,2-11H2,1H3. The monoisotopic (exact) mass is 279 g/mol. The van der Waals surface area contributed by atoms with Gasteiger partial charge in [-0.05, 0) is 32.6 Å². The van der Waals surface area contributed by atoms with Crippen LogP contribution in [-0.4, -0.2) is 34.9 Å². The summed E-state index contributed by atoms with van der Waals surface area (Å²) < 4.78 is 11.4. The lowest BCUT2D eigenvalue weighted by Gasteiger charge is -2.33. The molecular formula is C15H25N3O2. The maximum Gasteiger partial charge on any atom is 0.227 e. The van der Waals surface area contributed by atoms with Gasteiger partial charge in [0.1, 0.15) is 0 Å². The Bertz CT molecular complexity index is 427. The van der Waals surface area contributed by atoms with Crippen LogP contribution in [0.5, 0.6) is 0 Å². The van der Waals surface area contributed by atoms with Gasteiger partial charge in [-0.15, -0.1) is 0 Å². The highest BCUT2D eigenvalue weighted by Crippen LogP contribution is 2.41. The Kier molecular flexibility index (Phi) is 4.36. The second-order valence-corrected chi connectivity index (χ2v) is 6.21. The Balaban J connectivity index is 1.35. The fourth-order valence-electron chi connectivity index (χ4n) is 3.50. The predicted molar refractivity (Wildman–Crippen MR) is 75.5 cm³/mol. The van der Waals surface area contributed by atoms with E-state index in [1.54, 1.807) is 0 Å². The van der Waals surface area contributed by atoms with E-state index in [-0.39, 0.29) is 5.60 Å². The zero-order chi connectivity index (χ0) is 13.8. The zero-order valence-corrected chi connectivity index (χ0v) is 12.4. The van der Waals surface area contributed by atoms with Crippen LogP contribution in [0.1, 0.15) is 56.7 Å². The molecule has 0 bridgehead atoms. The zero-order valence-electron chi connectivity index (χ0n) is 12.4. The highest BCUT2D eigenvalue weighted by atomic mass is 16.5. The van der Waals surface area contributed by atoms with Gasteiger partial charge >= 0.3 is 0 Å². The normalized spacial score (nSPS) is 25.4. The highest BCUT2D eigenvalue weighted by Gasteiger charge is 2.40. The molecule has 1 saturated heterocycles. The van der Waals surface area contributed by atoms with Gasteiger partial charge in [0.15, 0.2) is 5.82 Å². The third kappa shape index (κ3) is 3.38. The van der Waals surface area contributed by atoms with E-state index in [4.69, 9.17) is 9.26 Å². The first-order chi connectivity index (χ1) is 9.76. The summed E-state index contributed by atoms with van der Waals surface area (Å²) in [7, 11) is 0. The topological polar surface area (TPSA) is 60.2 Å². The smallest absolute Gasteiger partial charge is 0.227 e. The molecule has 1 aromatic heterocycles. The summed E-state index contributed by atoms with van der Waals surface area (Å²) in [5.74, 6) is 1.42. The van der Waals surface area contributed by atoms with Gasteiger partial charge in [0.25, 0.3) is 0 Å². The number of hydrogen-bond acceptors (Lipinski definition) is 5. The third-order valence-corrected chi connectivity index (χ3v) is 4.56. The Hall–Kier alpha value is -0.940. The molecular weight excluding hydrogens is 254 g/mol. The van der Waals surface area contributed by atoms with E-state index in [1.165, 1.54) is 44.9 Å². The van der Waals surface area contributed by atoms with Gasteiger partial charge < -0.3 is 14.6 Å². The van der Waals surface area contributed by atoms with Gasteiger partial charge in [-0.2, -0.15) is 4.98 Å². The summed E-state index contributed by atoms with van der Waals surface area (Å²) in [5.41, 5.74) is 0.230. The van der Waals surface area contributed by atoms with Crippen LogP contribution < -0.4 is 5.32 Å². The number of nitrogens with one attached hydrogen (secondary N) is 1. The number of nitrogens with zero attached hydrogens (tertiary/aromatic N) is 2. The Morgan fingerprint density at radius 3 is 2.85 bits per heavy atom. The van der Waals surface area contributed by atoms with Crippen molar-refractivity contribution in [3.63, 3.8) is 0 Å². The first kappa shape index (κ1) is 14.0. The number of ether oxygens (including phenoxy) is 1. The first-order valence-electron chi connectivity index (χ1n) is 7.94. The number of aryl methyl sites for hydroxylation is 1. The largest absolute Gasteiger partial charge is 0.370 e. The molecule has 0 radical (unpaired) electrons. The molecule has 1 aromatic rings. The lowest BCUT2D eigenvalue weighted by molar-refractivity contribution is -0.0622. The van der Waals surface area contributed by atoms with Crippen molar-refractivity contribution in [3.05, 3.63) is 11.7 Å². The molecule has 1 aliphatic carbocycles. The fraction of sp³-hybridized carbons (Fsp3) is 0.867. The SMILES string of the molecule is Cc1noc(CCNCC2CCC3(CCCCC3)O2)n1. The van der Waals surface area contributed by atoms with Gasteiger partial charge in [0.05, 0.1) is 11.7 Å². The van der Waals surface area contributed by atoms with E-state index in [2.05, 4.69) is 15.5 Å². The summed E-state index contributed by atoms with van der Waals surface area (Å²) >= 11 is 0. The first-order valence-corrected chi connectivity index (χ1v) is 7.94. The molecule has 2 aliphatic rings. The maximum absolute atomic E-state index is 6.33. The average molecular weight is 279 g/mol. The average Bonchev–Trinajstić information content (AvgIpc) is 3.03. The minimum Gasteiger partial charge on any atom is -0.370 e. The van der Waals surface area contributed by atoms with Crippen molar-refractivity contribution in [2.75, 3.05) is 13.1 Å². The van der Waals surface area contributed by atoms with Crippen molar-refractivity contribution in [1.29, 1.82) is 0 Å². The summed E-state index contributed by atoms with van der Waals surface area (Å²) in [4.78, 5) is 4.20. The molecule has 1 aliphatic heterocycles. The second-order valence-electron chi connectivity index (χ2n) is 6.21. The van der Waals surface area contributed by atoms with Gasteiger partial charge in [0.2, 0.25) is 5.89 Å². The lowest BCUT2D eigenvalue weighted by atomic mass is 9.83. The molecule has 0 aromatic carbocycles. The van der Waals surface area contributed by atoms with Crippen LogP contribution in [0, 0.1) is 6.92 Å². The van der Waals surface area contributed by atoms with Gasteiger partial charge in [-0.25, -0.2) is 0 Å². The molecule has 1 spiro atoms. The van der Waals surface area contributed by atoms with Crippen molar-refractivity contribution >= 4 is 0 Å². The summed E-state index contributed by atoms with van der Waals surface area (Å²) in [6.45, 7) is 3.65. The van der Waals surface area contributed by atoms with Crippen LogP contribution in [0.4, 0.5) is 0 Å². The van der Waals surface area contributed by atoms with Gasteiger partial charge in [-0.3, -0.25) is 0 Å². The van der Waals surface area contributed by atoms with E-state index in [1.807, 2.05) is 6.92 Å². The van der Waals surface area contributed by atoms with Gasteiger partial charge in [0, 0.05) is 19.5 Å². The van der Waals surface area contributed by atoms with Crippen molar-refractivity contribution in [2.45, 2.75) is 70.0 Å². The Morgan fingerprint density at radius 2 is 2.10 bits per heavy atom. The summed E-state index contributed by atoms with van der Waals surface area (Å²) in [6.07, 6.45) is 10.2. The fourth-order valence-corrected chi connectivity index (χ4v) is 3.50. The van der Waals surface area contributed by atoms with Crippen LogP contribution in [0.2, 0.25) is 0 Å². The number of rotatable bonds is 5. The second kappa shape index (κ2) is 6.22. The van der Waals surface area contributed by atoms with Crippen LogP contribution in [0.3, 0.4) is 0 Å². The van der Waals surface area contributed by atoms with Crippen LogP contribution >= 0.6 is 0 Å². The van der Waals surface area contributed by atoms with E-state index in [0.717, 1.165) is 19.5 Å². The van der Waals surface area contributed by atoms with E-state index in [0.29, 0.717) is 17.8 Å². The molecule has 5 nitrogen and oxygen atoms in total. The molecule has 2 fully saturated rings. The number of aromatic nitrogens is 2. The Labute approximate surface area is 120 Å². The van der Waals surface area contributed by atoms with E-state index in [9.17, 15) is 0 Å². The molecule has 2 heterocycles. The summed E-state index contributed by atoms with van der Waals surface area (Å²) in [5, 5.41) is 7.25. The van der Waals surface area contributed by atoms with Crippen molar-refractivity contribution in [1.82, 2.24) is 15.5 Å². The van der Waals surface area contributed by atoms with Crippen molar-refractivity contribution in [3.8, 4) is 0 Å². The lowest BCUT2D eigenvalue weighted by Crippen LogP contribution is -2.35. The molecule has 1 saturated carbocycles. The highest BCUT2D eigenvalue weighted by molar-refractivity contribution is 4.92. The van der Waals surface area contributed by atoms with Gasteiger partial charge in [-0.1, -0.05) is 24.4 Å². The molecule has 1 N–H and O–H groups in total. The van der Waals surface area contributed by atoms with Crippen LogP contribution in [-0.2, 0) is 11.2 Å². The predicted octanol–water partition coefficient (Wildman–Crippen LogP) is 2.39. The number of hydrogen-bond donors (Lipinski definition) is 1. The molecule has 112 valence electrons. The summed E-state index contributed by atoms with van der Waals surface area (Å²) in [6, 6.07) is 0. The third-order valence-electron chi connectivity index (χ3n) is 4.56. The minimum absolute atomic E-state index is 0.230. The van der Waals surface area contributed by atoms with Crippen molar-refractivity contribution in [2.24, 2.45) is 0 Å². The maximum atomic E-state index is 6.33. The quantitative estimate of drug-likeness (QED) is 0.839.